The van der Waals surface area contributed by atoms with E-state index in [1.54, 1.807) is 24.2 Å². The quantitative estimate of drug-likeness (QED) is 0.783. The lowest BCUT2D eigenvalue weighted by atomic mass is 10.3. The van der Waals surface area contributed by atoms with Crippen molar-refractivity contribution in [1.29, 1.82) is 0 Å². The molecule has 1 aromatic heterocycles. The van der Waals surface area contributed by atoms with E-state index in [9.17, 15) is 4.79 Å². The summed E-state index contributed by atoms with van der Waals surface area (Å²) in [6, 6.07) is 0. The van der Waals surface area contributed by atoms with Gasteiger partial charge in [0.25, 0.3) is 0 Å². The molecular formula is C12H18N4O2. The van der Waals surface area contributed by atoms with E-state index in [0.717, 1.165) is 18.8 Å². The predicted octanol–water partition coefficient (Wildman–Crippen LogP) is 0.542. The molecule has 0 aromatic carbocycles. The molecule has 0 bridgehead atoms. The van der Waals surface area contributed by atoms with Gasteiger partial charge >= 0.3 is 0 Å². The molecule has 0 radical (unpaired) electrons. The van der Waals surface area contributed by atoms with Gasteiger partial charge in [0.15, 0.2) is 5.82 Å². The van der Waals surface area contributed by atoms with Crippen LogP contribution in [0.4, 0.5) is 5.82 Å². The summed E-state index contributed by atoms with van der Waals surface area (Å²) in [5, 5.41) is 0. The zero-order chi connectivity index (χ0) is 13.1. The Labute approximate surface area is 107 Å². The molecule has 98 valence electrons. The van der Waals surface area contributed by atoms with Crippen LogP contribution in [-0.2, 0) is 4.79 Å². The fraction of sp³-hybridized carbons (Fsp3) is 0.583. The summed E-state index contributed by atoms with van der Waals surface area (Å²) in [6.45, 7) is 2.96. The molecule has 18 heavy (non-hydrogen) atoms. The molecule has 1 atom stereocenters. The first-order valence-corrected chi connectivity index (χ1v) is 5.98. The van der Waals surface area contributed by atoms with Crippen LogP contribution < -0.4 is 9.64 Å². The first-order valence-electron chi connectivity index (χ1n) is 5.98. The van der Waals surface area contributed by atoms with Crippen LogP contribution in [-0.4, -0.2) is 54.1 Å². The highest BCUT2D eigenvalue weighted by molar-refractivity contribution is 5.73. The normalized spacial score (nSPS) is 18.8. The second-order valence-corrected chi connectivity index (χ2v) is 4.60. The molecule has 1 aliphatic rings. The minimum absolute atomic E-state index is 0.0145. The first-order chi connectivity index (χ1) is 8.56. The van der Waals surface area contributed by atoms with E-state index < -0.39 is 0 Å². The second-order valence-electron chi connectivity index (χ2n) is 4.60. The molecule has 2 rings (SSSR count). The predicted molar refractivity (Wildman–Crippen MR) is 67.6 cm³/mol. The number of anilines is 1. The van der Waals surface area contributed by atoms with Gasteiger partial charge in [-0.2, -0.15) is 4.98 Å². The van der Waals surface area contributed by atoms with Gasteiger partial charge in [-0.1, -0.05) is 0 Å². The smallest absolute Gasteiger partial charge is 0.234 e. The number of aromatic nitrogens is 2. The highest BCUT2D eigenvalue weighted by Gasteiger charge is 2.25. The van der Waals surface area contributed by atoms with Gasteiger partial charge in [-0.15, -0.1) is 0 Å². The summed E-state index contributed by atoms with van der Waals surface area (Å²) in [4.78, 5) is 23.3. The van der Waals surface area contributed by atoms with Crippen molar-refractivity contribution in [3.63, 3.8) is 0 Å². The van der Waals surface area contributed by atoms with Gasteiger partial charge in [0.2, 0.25) is 11.8 Å². The van der Waals surface area contributed by atoms with Crippen molar-refractivity contribution in [2.75, 3.05) is 32.1 Å². The third-order valence-electron chi connectivity index (χ3n) is 2.94. The van der Waals surface area contributed by atoms with Crippen molar-refractivity contribution in [3.05, 3.63) is 12.4 Å². The SMILES string of the molecule is CC(=O)N1CCC(Oc2cncc(N(C)C)n2)C1. The van der Waals surface area contributed by atoms with Crippen molar-refractivity contribution in [1.82, 2.24) is 14.9 Å². The van der Waals surface area contributed by atoms with Crippen molar-refractivity contribution in [2.45, 2.75) is 19.4 Å². The van der Waals surface area contributed by atoms with E-state index in [4.69, 9.17) is 4.74 Å². The molecule has 0 N–H and O–H groups in total. The number of amides is 1. The van der Waals surface area contributed by atoms with Crippen LogP contribution >= 0.6 is 0 Å². The number of hydrogen-bond donors (Lipinski definition) is 0. The number of hydrogen-bond acceptors (Lipinski definition) is 5. The highest BCUT2D eigenvalue weighted by Crippen LogP contribution is 2.17. The minimum atomic E-state index is 0.0145. The van der Waals surface area contributed by atoms with Gasteiger partial charge < -0.3 is 14.5 Å². The number of rotatable bonds is 3. The summed E-state index contributed by atoms with van der Waals surface area (Å²) < 4.78 is 5.75. The number of carbonyl (C=O) groups is 1. The third-order valence-corrected chi connectivity index (χ3v) is 2.94. The molecule has 0 saturated carbocycles. The lowest BCUT2D eigenvalue weighted by molar-refractivity contribution is -0.128. The lowest BCUT2D eigenvalue weighted by Gasteiger charge is -2.16. The van der Waals surface area contributed by atoms with E-state index >= 15 is 0 Å². The van der Waals surface area contributed by atoms with Crippen molar-refractivity contribution >= 4 is 11.7 Å². The largest absolute Gasteiger partial charge is 0.471 e. The average Bonchev–Trinajstić information content (AvgIpc) is 2.78. The fourth-order valence-corrected chi connectivity index (χ4v) is 1.89. The highest BCUT2D eigenvalue weighted by atomic mass is 16.5. The van der Waals surface area contributed by atoms with Gasteiger partial charge in [0.05, 0.1) is 18.9 Å². The molecular weight excluding hydrogens is 232 g/mol. The Morgan fingerprint density at radius 2 is 2.28 bits per heavy atom. The van der Waals surface area contributed by atoms with E-state index in [1.165, 1.54) is 0 Å². The molecule has 1 unspecified atom stereocenters. The number of ether oxygens (including phenoxy) is 1. The Morgan fingerprint density at radius 3 is 2.89 bits per heavy atom. The van der Waals surface area contributed by atoms with Crippen LogP contribution in [0.5, 0.6) is 5.88 Å². The van der Waals surface area contributed by atoms with Gasteiger partial charge in [-0.25, -0.2) is 0 Å². The van der Waals surface area contributed by atoms with Crippen LogP contribution in [0.2, 0.25) is 0 Å². The Balaban J connectivity index is 1.98. The monoisotopic (exact) mass is 250 g/mol. The molecule has 0 spiro atoms. The zero-order valence-corrected chi connectivity index (χ0v) is 11.0. The topological polar surface area (TPSA) is 58.6 Å². The molecule has 6 heteroatoms. The maximum absolute atomic E-state index is 11.2. The molecule has 0 aliphatic carbocycles. The van der Waals surface area contributed by atoms with Gasteiger partial charge in [0.1, 0.15) is 6.10 Å². The molecule has 1 aromatic rings. The van der Waals surface area contributed by atoms with E-state index in [1.807, 2.05) is 19.0 Å². The Hall–Kier alpha value is -1.85. The van der Waals surface area contributed by atoms with E-state index in [-0.39, 0.29) is 12.0 Å². The minimum Gasteiger partial charge on any atom is -0.471 e. The average molecular weight is 250 g/mol. The zero-order valence-electron chi connectivity index (χ0n) is 11.0. The van der Waals surface area contributed by atoms with E-state index in [2.05, 4.69) is 9.97 Å². The lowest BCUT2D eigenvalue weighted by Crippen LogP contribution is -2.28. The van der Waals surface area contributed by atoms with Crippen LogP contribution in [0.15, 0.2) is 12.4 Å². The van der Waals surface area contributed by atoms with Crippen LogP contribution in [0.25, 0.3) is 0 Å². The Kier molecular flexibility index (Phi) is 3.64. The molecule has 1 aliphatic heterocycles. The van der Waals surface area contributed by atoms with Crippen molar-refractivity contribution < 1.29 is 9.53 Å². The number of likely N-dealkylation sites (tertiary alicyclic amines) is 1. The second kappa shape index (κ2) is 5.20. The summed E-state index contributed by atoms with van der Waals surface area (Å²) in [6.07, 6.45) is 4.14. The number of carbonyl (C=O) groups excluding carboxylic acids is 1. The summed E-state index contributed by atoms with van der Waals surface area (Å²) in [5.74, 6) is 1.36. The van der Waals surface area contributed by atoms with Crippen molar-refractivity contribution in [2.24, 2.45) is 0 Å². The standard InChI is InChI=1S/C12H18N4O2/c1-9(17)16-5-4-10(8-16)18-12-7-13-6-11(14-12)15(2)3/h6-7,10H,4-5,8H2,1-3H3. The molecule has 6 nitrogen and oxygen atoms in total. The van der Waals surface area contributed by atoms with Crippen LogP contribution in [0, 0.1) is 0 Å². The van der Waals surface area contributed by atoms with Crippen molar-refractivity contribution in [3.8, 4) is 5.88 Å². The molecule has 1 fully saturated rings. The molecule has 1 saturated heterocycles. The fourth-order valence-electron chi connectivity index (χ4n) is 1.89. The maximum Gasteiger partial charge on any atom is 0.234 e. The van der Waals surface area contributed by atoms with Gasteiger partial charge in [-0.3, -0.25) is 9.78 Å². The summed E-state index contributed by atoms with van der Waals surface area (Å²) in [7, 11) is 3.81. The molecule has 1 amide bonds. The first kappa shape index (κ1) is 12.6. The number of nitrogens with zero attached hydrogens (tertiary/aromatic N) is 4. The Morgan fingerprint density at radius 1 is 1.50 bits per heavy atom. The van der Waals surface area contributed by atoms with E-state index in [0.29, 0.717) is 12.4 Å². The maximum atomic E-state index is 11.2. The summed E-state index contributed by atoms with van der Waals surface area (Å²) >= 11 is 0. The summed E-state index contributed by atoms with van der Waals surface area (Å²) in [5.41, 5.74) is 0. The van der Waals surface area contributed by atoms with Crippen LogP contribution in [0.1, 0.15) is 13.3 Å². The third kappa shape index (κ3) is 2.88. The Bertz CT molecular complexity index is 436. The van der Waals surface area contributed by atoms with Gasteiger partial charge in [-0.05, 0) is 0 Å². The van der Waals surface area contributed by atoms with Crippen LogP contribution in [0.3, 0.4) is 0 Å². The van der Waals surface area contributed by atoms with Gasteiger partial charge in [0, 0.05) is 34.0 Å². The molecule has 2 heterocycles.